The third kappa shape index (κ3) is 38.2. The second-order valence-corrected chi connectivity index (χ2v) is 1.40. The summed E-state index contributed by atoms with van der Waals surface area (Å²) in [6.45, 7) is 0. The van der Waals surface area contributed by atoms with E-state index >= 15 is 0 Å². The van der Waals surface area contributed by atoms with E-state index in [1.54, 1.807) is 0 Å². The average molecular weight is 207 g/mol. The van der Waals surface area contributed by atoms with Crippen LogP contribution < -0.4 is 0 Å². The molecule has 0 fully saturated rings. The molecule has 26 valence electrons. The van der Waals surface area contributed by atoms with Crippen LogP contribution in [0.1, 0.15) is 0 Å². The molecule has 5 heavy (non-hydrogen) atoms. The van der Waals surface area contributed by atoms with Gasteiger partial charge in [-0.2, -0.15) is 0 Å². The first-order valence-electron chi connectivity index (χ1n) is 0.651. The Bertz CT molecular complexity index is 32.6. The molecule has 0 radical (unpaired) electrons. The SMILES string of the molecule is OC(=S)S.[Cd]. The standard InChI is InChI=1S/CH2OS2.Cd/c2-1(3)4;/h(H2,2,3,4);. The quantitative estimate of drug-likeness (QED) is 0.347. The molecule has 0 saturated carbocycles. The maximum Gasteiger partial charge on any atom is 0.214 e. The van der Waals surface area contributed by atoms with E-state index in [-0.39, 0.29) is 31.7 Å². The molecule has 0 rings (SSSR count). The molecule has 0 unspecified atom stereocenters. The van der Waals surface area contributed by atoms with E-state index in [1.807, 2.05) is 0 Å². The molecule has 0 atom stereocenters. The van der Waals surface area contributed by atoms with Crippen molar-refractivity contribution in [3.63, 3.8) is 0 Å². The van der Waals surface area contributed by atoms with Crippen LogP contribution in [0.4, 0.5) is 0 Å². The second-order valence-electron chi connectivity index (χ2n) is 0.283. The summed E-state index contributed by atoms with van der Waals surface area (Å²) in [5.74, 6) is 0. The molecule has 0 amide bonds. The fourth-order valence-electron chi connectivity index (χ4n) is 0. The predicted molar refractivity (Wildman–Crippen MR) is 24.2 cm³/mol. The summed E-state index contributed by atoms with van der Waals surface area (Å²) < 4.78 is -0.306. The first-order chi connectivity index (χ1) is 1.73. The van der Waals surface area contributed by atoms with Gasteiger partial charge >= 0.3 is 0 Å². The summed E-state index contributed by atoms with van der Waals surface area (Å²) in [5.41, 5.74) is 0. The number of hydrogen-bond acceptors (Lipinski definition) is 1. The van der Waals surface area contributed by atoms with Gasteiger partial charge in [-0.1, -0.05) is 12.6 Å². The number of rotatable bonds is 0. The number of aliphatic hydroxyl groups is 1. The van der Waals surface area contributed by atoms with E-state index in [0.29, 0.717) is 0 Å². The average Bonchev–Trinajstić information content (AvgIpc) is 0.811. The van der Waals surface area contributed by atoms with Gasteiger partial charge in [0.05, 0.1) is 0 Å². The summed E-state index contributed by atoms with van der Waals surface area (Å²) in [4.78, 5) is 0. The van der Waals surface area contributed by atoms with Crippen molar-refractivity contribution >= 4 is 29.2 Å². The Hall–Kier alpha value is 1.16. The Labute approximate surface area is 61.3 Å². The van der Waals surface area contributed by atoms with Gasteiger partial charge in [0, 0.05) is 27.3 Å². The van der Waals surface area contributed by atoms with Gasteiger partial charge in [0.25, 0.3) is 0 Å². The van der Waals surface area contributed by atoms with Crippen molar-refractivity contribution < 1.29 is 32.4 Å². The number of aliphatic hydroxyl groups excluding tert-OH is 1. The van der Waals surface area contributed by atoms with Crippen molar-refractivity contribution in [3.8, 4) is 0 Å². The van der Waals surface area contributed by atoms with Gasteiger partial charge in [0.1, 0.15) is 0 Å². The van der Waals surface area contributed by atoms with Gasteiger partial charge < -0.3 is 5.11 Å². The molecular formula is CH2CdOS2. The molecule has 0 heterocycles. The van der Waals surface area contributed by atoms with Crippen molar-refractivity contribution in [2.75, 3.05) is 0 Å². The first kappa shape index (κ1) is 9.48. The van der Waals surface area contributed by atoms with E-state index in [2.05, 4.69) is 24.8 Å². The predicted octanol–water partition coefficient (Wildman–Crippen LogP) is 0.757. The molecular weight excluding hydrogens is 205 g/mol. The van der Waals surface area contributed by atoms with Crippen molar-refractivity contribution in [1.82, 2.24) is 0 Å². The smallest absolute Gasteiger partial charge is 0.214 e. The molecule has 0 aromatic carbocycles. The van der Waals surface area contributed by atoms with Crippen LogP contribution in [0.3, 0.4) is 0 Å². The van der Waals surface area contributed by atoms with Gasteiger partial charge in [0.15, 0.2) is 0 Å². The fourth-order valence-corrected chi connectivity index (χ4v) is 0. The zero-order valence-corrected chi connectivity index (χ0v) is 8.26. The molecule has 0 bridgehead atoms. The van der Waals surface area contributed by atoms with Crippen LogP contribution in [-0.4, -0.2) is 9.49 Å². The van der Waals surface area contributed by atoms with E-state index < -0.39 is 0 Å². The number of thiol groups is 1. The maximum absolute atomic E-state index is 7.65. The van der Waals surface area contributed by atoms with Gasteiger partial charge in [-0.3, -0.25) is 0 Å². The zero-order chi connectivity index (χ0) is 3.58. The van der Waals surface area contributed by atoms with Crippen LogP contribution in [-0.2, 0) is 27.3 Å². The van der Waals surface area contributed by atoms with Crippen molar-refractivity contribution in [2.24, 2.45) is 0 Å². The molecule has 0 aliphatic heterocycles. The zero-order valence-electron chi connectivity index (χ0n) is 2.51. The largest absolute Gasteiger partial charge is 0.494 e. The van der Waals surface area contributed by atoms with E-state index in [4.69, 9.17) is 5.11 Å². The van der Waals surface area contributed by atoms with Crippen molar-refractivity contribution in [2.45, 2.75) is 0 Å². The van der Waals surface area contributed by atoms with Gasteiger partial charge in [0.2, 0.25) is 4.38 Å². The monoisotopic (exact) mass is 208 g/mol. The Morgan fingerprint density at radius 3 is 1.80 bits per heavy atom. The van der Waals surface area contributed by atoms with Gasteiger partial charge in [-0.15, -0.1) is 0 Å². The van der Waals surface area contributed by atoms with Crippen LogP contribution in [0.25, 0.3) is 0 Å². The third-order valence-corrected chi connectivity index (χ3v) is 0. The summed E-state index contributed by atoms with van der Waals surface area (Å²) in [6, 6.07) is 0. The Morgan fingerprint density at radius 1 is 1.80 bits per heavy atom. The molecule has 1 nitrogen and oxygen atoms in total. The Morgan fingerprint density at radius 2 is 1.80 bits per heavy atom. The van der Waals surface area contributed by atoms with Crippen LogP contribution >= 0.6 is 24.8 Å². The number of thiocarbonyl (C=S) groups is 1. The topological polar surface area (TPSA) is 20.2 Å². The summed E-state index contributed by atoms with van der Waals surface area (Å²) >= 11 is 7.21. The molecule has 0 aliphatic carbocycles. The Kier molecular flexibility index (Phi) is 9.79. The minimum Gasteiger partial charge on any atom is -0.494 e. The van der Waals surface area contributed by atoms with Crippen LogP contribution in [0.5, 0.6) is 0 Å². The van der Waals surface area contributed by atoms with Crippen LogP contribution in [0, 0.1) is 0 Å². The summed E-state index contributed by atoms with van der Waals surface area (Å²) in [7, 11) is 0. The van der Waals surface area contributed by atoms with E-state index in [1.165, 1.54) is 0 Å². The number of hydrogen-bond donors (Lipinski definition) is 2. The molecule has 0 aliphatic rings. The molecule has 0 aromatic heterocycles. The van der Waals surface area contributed by atoms with Gasteiger partial charge in [-0.25, -0.2) is 0 Å². The molecule has 1 N–H and O–H groups in total. The minimum absolute atomic E-state index is 0. The van der Waals surface area contributed by atoms with E-state index in [0.717, 1.165) is 0 Å². The summed E-state index contributed by atoms with van der Waals surface area (Å²) in [5, 5.41) is 7.65. The van der Waals surface area contributed by atoms with Crippen LogP contribution in [0.15, 0.2) is 0 Å². The molecule has 0 aromatic rings. The molecule has 0 spiro atoms. The Balaban J connectivity index is 0. The third-order valence-electron chi connectivity index (χ3n) is 0. The van der Waals surface area contributed by atoms with E-state index in [9.17, 15) is 0 Å². The molecule has 0 saturated heterocycles. The first-order valence-corrected chi connectivity index (χ1v) is 1.51. The van der Waals surface area contributed by atoms with Crippen molar-refractivity contribution in [3.05, 3.63) is 0 Å². The van der Waals surface area contributed by atoms with Crippen LogP contribution in [0.2, 0.25) is 0 Å². The normalized spacial score (nSPS) is 5.00. The van der Waals surface area contributed by atoms with Gasteiger partial charge in [-0.05, 0) is 12.2 Å². The minimum atomic E-state index is -0.306. The fraction of sp³-hybridized carbons (Fsp3) is 0. The summed E-state index contributed by atoms with van der Waals surface area (Å²) in [6.07, 6.45) is 0. The second kappa shape index (κ2) is 5.16. The molecule has 4 heteroatoms. The van der Waals surface area contributed by atoms with Crippen molar-refractivity contribution in [1.29, 1.82) is 0 Å². The maximum atomic E-state index is 7.65.